The number of nitrogens with zero attached hydrogens (tertiary/aromatic N) is 1. The Hall–Kier alpha value is -4.66. The molecule has 0 saturated carbocycles. The van der Waals surface area contributed by atoms with E-state index in [-0.39, 0.29) is 24.5 Å². The van der Waals surface area contributed by atoms with Gasteiger partial charge in [0.2, 0.25) is 0 Å². The maximum absolute atomic E-state index is 13.0. The van der Waals surface area contributed by atoms with Gasteiger partial charge in [0.15, 0.2) is 0 Å². The first-order valence-electron chi connectivity index (χ1n) is 10.5. The molecule has 0 aliphatic carbocycles. The highest BCUT2D eigenvalue weighted by Gasteiger charge is 2.25. The second-order valence-electron chi connectivity index (χ2n) is 7.49. The van der Waals surface area contributed by atoms with Crippen LogP contribution < -0.4 is 10.1 Å². The molecule has 172 valence electrons. The van der Waals surface area contributed by atoms with Gasteiger partial charge in [-0.25, -0.2) is 9.59 Å². The number of nitro benzene ring substituents is 1. The average molecular weight is 459 g/mol. The van der Waals surface area contributed by atoms with E-state index in [2.05, 4.69) is 10.3 Å². The summed E-state index contributed by atoms with van der Waals surface area (Å²) in [5, 5.41) is 14.3. The maximum Gasteiger partial charge on any atom is 0.408 e. The number of amides is 1. The summed E-state index contributed by atoms with van der Waals surface area (Å²) in [5.74, 6) is -0.602. The number of carbonyl (C=O) groups excluding carboxylic acids is 2. The van der Waals surface area contributed by atoms with Crippen LogP contribution in [0.15, 0.2) is 85.1 Å². The van der Waals surface area contributed by atoms with Crippen LogP contribution in [0, 0.1) is 10.1 Å². The number of H-pyrrole nitrogens is 1. The zero-order valence-electron chi connectivity index (χ0n) is 18.0. The zero-order chi connectivity index (χ0) is 23.9. The van der Waals surface area contributed by atoms with E-state index in [1.54, 1.807) is 6.20 Å². The quantitative estimate of drug-likeness (QED) is 0.173. The van der Waals surface area contributed by atoms with Crippen molar-refractivity contribution in [2.75, 3.05) is 0 Å². The Morgan fingerprint density at radius 2 is 1.68 bits per heavy atom. The predicted octanol–water partition coefficient (Wildman–Crippen LogP) is 4.52. The number of aromatic nitrogens is 1. The molecule has 4 aromatic rings. The van der Waals surface area contributed by atoms with Gasteiger partial charge in [0.05, 0.1) is 4.92 Å². The van der Waals surface area contributed by atoms with Gasteiger partial charge >= 0.3 is 12.1 Å². The molecule has 1 heterocycles. The van der Waals surface area contributed by atoms with Gasteiger partial charge in [-0.15, -0.1) is 0 Å². The first-order chi connectivity index (χ1) is 16.5. The summed E-state index contributed by atoms with van der Waals surface area (Å²) in [7, 11) is 0. The Morgan fingerprint density at radius 1 is 0.971 bits per heavy atom. The van der Waals surface area contributed by atoms with Gasteiger partial charge in [0.25, 0.3) is 5.69 Å². The van der Waals surface area contributed by atoms with E-state index in [0.717, 1.165) is 22.0 Å². The molecule has 0 bridgehead atoms. The molecule has 0 aliphatic heterocycles. The highest BCUT2D eigenvalue weighted by molar-refractivity contribution is 5.86. The molecule has 0 radical (unpaired) electrons. The number of hydrogen-bond donors (Lipinski definition) is 2. The summed E-state index contributed by atoms with van der Waals surface area (Å²) in [6.07, 6.45) is 1.15. The average Bonchev–Trinajstić information content (AvgIpc) is 3.26. The van der Waals surface area contributed by atoms with Gasteiger partial charge in [0, 0.05) is 35.7 Å². The van der Waals surface area contributed by atoms with Crippen LogP contribution in [0.3, 0.4) is 0 Å². The third-order valence-electron chi connectivity index (χ3n) is 5.15. The molecule has 0 saturated heterocycles. The molecule has 9 heteroatoms. The van der Waals surface area contributed by atoms with E-state index < -0.39 is 23.0 Å². The molecule has 34 heavy (non-hydrogen) atoms. The molecule has 0 spiro atoms. The standard InChI is InChI=1S/C25H21N3O6/c29-24(34-20-12-10-19(11-13-20)28(31)32)23(14-18-15-26-22-9-5-4-8-21(18)22)27-25(30)33-16-17-6-2-1-3-7-17/h1-13,15,23,26H,14,16H2,(H,27,30)/t23-/m0/s1. The van der Waals surface area contributed by atoms with Crippen molar-refractivity contribution >= 4 is 28.7 Å². The normalized spacial score (nSPS) is 11.5. The number of non-ortho nitro benzene ring substituents is 1. The second kappa shape index (κ2) is 10.3. The predicted molar refractivity (Wildman–Crippen MR) is 124 cm³/mol. The van der Waals surface area contributed by atoms with Crippen LogP contribution >= 0.6 is 0 Å². The van der Waals surface area contributed by atoms with Crippen LogP contribution in [0.1, 0.15) is 11.1 Å². The van der Waals surface area contributed by atoms with Crippen molar-refractivity contribution in [2.45, 2.75) is 19.1 Å². The van der Waals surface area contributed by atoms with E-state index in [1.807, 2.05) is 54.6 Å². The van der Waals surface area contributed by atoms with Crippen LogP contribution in [0.2, 0.25) is 0 Å². The number of alkyl carbamates (subject to hydrolysis) is 1. The molecule has 4 rings (SSSR count). The van der Waals surface area contributed by atoms with E-state index >= 15 is 0 Å². The fourth-order valence-electron chi connectivity index (χ4n) is 3.44. The molecular weight excluding hydrogens is 438 g/mol. The summed E-state index contributed by atoms with van der Waals surface area (Å²) in [6, 6.07) is 20.8. The minimum atomic E-state index is -1.06. The summed E-state index contributed by atoms with van der Waals surface area (Å²) in [4.78, 5) is 38.9. The summed E-state index contributed by atoms with van der Waals surface area (Å²) >= 11 is 0. The SMILES string of the molecule is O=C(N[C@@H](Cc1c[nH]c2ccccc12)C(=O)Oc1ccc([N+](=O)[O-])cc1)OCc1ccccc1. The van der Waals surface area contributed by atoms with Crippen LogP contribution in [-0.2, 0) is 22.6 Å². The number of nitrogens with one attached hydrogen (secondary N) is 2. The van der Waals surface area contributed by atoms with Crippen molar-refractivity contribution in [2.24, 2.45) is 0 Å². The lowest BCUT2D eigenvalue weighted by Gasteiger charge is -2.17. The minimum absolute atomic E-state index is 0.0455. The van der Waals surface area contributed by atoms with Gasteiger partial charge in [-0.2, -0.15) is 0 Å². The molecule has 2 N–H and O–H groups in total. The number of carbonyl (C=O) groups is 2. The molecule has 1 aromatic heterocycles. The number of rotatable bonds is 8. The third kappa shape index (κ3) is 5.57. The Kier molecular flexibility index (Phi) is 6.83. The Labute approximate surface area is 194 Å². The number of benzene rings is 3. The van der Waals surface area contributed by atoms with Gasteiger partial charge in [-0.1, -0.05) is 48.5 Å². The van der Waals surface area contributed by atoms with Crippen LogP contribution in [-0.4, -0.2) is 28.0 Å². The van der Waals surface area contributed by atoms with Crippen LogP contribution in [0.25, 0.3) is 10.9 Å². The molecule has 0 fully saturated rings. The first-order valence-corrected chi connectivity index (χ1v) is 10.5. The lowest BCUT2D eigenvalue weighted by atomic mass is 10.1. The first kappa shape index (κ1) is 22.5. The number of esters is 1. The number of nitro groups is 1. The molecule has 1 amide bonds. The lowest BCUT2D eigenvalue weighted by Crippen LogP contribution is -2.44. The largest absolute Gasteiger partial charge is 0.445 e. The number of hydrogen-bond acceptors (Lipinski definition) is 6. The monoisotopic (exact) mass is 459 g/mol. The van der Waals surface area contributed by atoms with E-state index in [4.69, 9.17) is 9.47 Å². The van der Waals surface area contributed by atoms with Crippen molar-refractivity contribution in [1.82, 2.24) is 10.3 Å². The maximum atomic E-state index is 13.0. The molecular formula is C25H21N3O6. The minimum Gasteiger partial charge on any atom is -0.445 e. The zero-order valence-corrected chi connectivity index (χ0v) is 18.0. The van der Waals surface area contributed by atoms with Crippen molar-refractivity contribution in [3.05, 3.63) is 106 Å². The highest BCUT2D eigenvalue weighted by Crippen LogP contribution is 2.21. The second-order valence-corrected chi connectivity index (χ2v) is 7.49. The fraction of sp³-hybridized carbons (Fsp3) is 0.120. The van der Waals surface area contributed by atoms with Crippen LogP contribution in [0.4, 0.5) is 10.5 Å². The highest BCUT2D eigenvalue weighted by atomic mass is 16.6. The van der Waals surface area contributed by atoms with Gasteiger partial charge < -0.3 is 19.8 Å². The Bertz CT molecular complexity index is 1300. The lowest BCUT2D eigenvalue weighted by molar-refractivity contribution is -0.384. The molecule has 0 unspecified atom stereocenters. The fourth-order valence-corrected chi connectivity index (χ4v) is 3.44. The van der Waals surface area contributed by atoms with Gasteiger partial charge in [-0.05, 0) is 29.3 Å². The van der Waals surface area contributed by atoms with Gasteiger partial charge in [0.1, 0.15) is 18.4 Å². The summed E-state index contributed by atoms with van der Waals surface area (Å²) in [5.41, 5.74) is 2.38. The molecule has 0 aliphatic rings. The van der Waals surface area contributed by atoms with Gasteiger partial charge in [-0.3, -0.25) is 10.1 Å². The van der Waals surface area contributed by atoms with Crippen molar-refractivity contribution in [3.63, 3.8) is 0 Å². The Morgan fingerprint density at radius 3 is 2.41 bits per heavy atom. The van der Waals surface area contributed by atoms with Crippen molar-refractivity contribution in [1.29, 1.82) is 0 Å². The molecule has 3 aromatic carbocycles. The van der Waals surface area contributed by atoms with E-state index in [9.17, 15) is 19.7 Å². The van der Waals surface area contributed by atoms with E-state index in [1.165, 1.54) is 24.3 Å². The molecule has 9 nitrogen and oxygen atoms in total. The topological polar surface area (TPSA) is 124 Å². The summed E-state index contributed by atoms with van der Waals surface area (Å²) in [6.45, 7) is 0.0455. The number of fused-ring (bicyclic) bond motifs is 1. The third-order valence-corrected chi connectivity index (χ3v) is 5.15. The number of ether oxygens (including phenoxy) is 2. The summed E-state index contributed by atoms with van der Waals surface area (Å²) < 4.78 is 10.7. The Balaban J connectivity index is 1.49. The van der Waals surface area contributed by atoms with Crippen molar-refractivity contribution < 1.29 is 24.0 Å². The number of para-hydroxylation sites is 1. The molecule has 1 atom stereocenters. The number of aromatic amines is 1. The van der Waals surface area contributed by atoms with E-state index in [0.29, 0.717) is 0 Å². The van der Waals surface area contributed by atoms with Crippen LogP contribution in [0.5, 0.6) is 5.75 Å². The van der Waals surface area contributed by atoms with Crippen molar-refractivity contribution in [3.8, 4) is 5.75 Å². The smallest absolute Gasteiger partial charge is 0.408 e.